The molecule has 0 saturated heterocycles. The van der Waals surface area contributed by atoms with Crippen molar-refractivity contribution >= 4 is 34.6 Å². The van der Waals surface area contributed by atoms with E-state index >= 15 is 0 Å². The summed E-state index contributed by atoms with van der Waals surface area (Å²) in [5, 5.41) is 14.3. The van der Waals surface area contributed by atoms with Gasteiger partial charge in [-0.2, -0.15) is 0 Å². The van der Waals surface area contributed by atoms with E-state index in [4.69, 9.17) is 16.6 Å². The summed E-state index contributed by atoms with van der Waals surface area (Å²) >= 11 is 8.51. The van der Waals surface area contributed by atoms with Gasteiger partial charge in [-0.3, -0.25) is 14.4 Å². The summed E-state index contributed by atoms with van der Waals surface area (Å²) in [6.45, 7) is 2.02. The molecule has 1 aliphatic heterocycles. The third-order valence-electron chi connectivity index (χ3n) is 8.61. The van der Waals surface area contributed by atoms with E-state index in [-0.39, 0.29) is 22.9 Å². The van der Waals surface area contributed by atoms with Gasteiger partial charge in [0, 0.05) is 32.5 Å². The summed E-state index contributed by atoms with van der Waals surface area (Å²) in [7, 11) is 0. The Bertz CT molecular complexity index is 1430. The minimum atomic E-state index is -0.332. The van der Waals surface area contributed by atoms with E-state index in [9.17, 15) is 4.79 Å². The highest BCUT2D eigenvalue weighted by atomic mass is 35.5. The standard InChI is InChI=1S/C26H24ClN5OS/c1-13-30-31-24-26(6-7-26)28-21(16-4-2-3-5-18(16)27)20-17-8-15(9-19(17)34-23(20)32(13)24)22(33)29-25-10-14(11-25)12-25/h2-5,14-15H,6-12H2,1H3,(H,29,33)/t14?,15-,25?/m0/s1. The molecule has 5 aliphatic carbocycles. The fourth-order valence-corrected chi connectivity index (χ4v) is 8.22. The van der Waals surface area contributed by atoms with Crippen molar-refractivity contribution in [3.05, 3.63) is 62.5 Å². The van der Waals surface area contributed by atoms with Crippen molar-refractivity contribution in [2.45, 2.75) is 62.9 Å². The Morgan fingerprint density at radius 1 is 1.18 bits per heavy atom. The maximum absolute atomic E-state index is 13.2. The quantitative estimate of drug-likeness (QED) is 0.588. The number of hydrogen-bond donors (Lipinski definition) is 1. The highest BCUT2D eigenvalue weighted by Gasteiger charge is 2.58. The lowest BCUT2D eigenvalue weighted by molar-refractivity contribution is -0.136. The number of aliphatic imine (C=N–C) groups is 1. The molecule has 0 unspecified atom stereocenters. The third-order valence-corrected chi connectivity index (χ3v) is 10.2. The Morgan fingerprint density at radius 2 is 1.97 bits per heavy atom. The smallest absolute Gasteiger partial charge is 0.224 e. The van der Waals surface area contributed by atoms with Crippen LogP contribution in [0.2, 0.25) is 5.02 Å². The van der Waals surface area contributed by atoms with Crippen molar-refractivity contribution in [2.75, 3.05) is 0 Å². The summed E-state index contributed by atoms with van der Waals surface area (Å²) < 4.78 is 2.22. The molecule has 1 amide bonds. The van der Waals surface area contributed by atoms with Crippen molar-refractivity contribution in [2.24, 2.45) is 16.8 Å². The van der Waals surface area contributed by atoms with Crippen LogP contribution in [-0.2, 0) is 23.2 Å². The zero-order valence-electron chi connectivity index (χ0n) is 18.9. The fourth-order valence-electron chi connectivity index (χ4n) is 6.53. The molecule has 1 N–H and O–H groups in total. The second-order valence-corrected chi connectivity index (χ2v) is 12.4. The van der Waals surface area contributed by atoms with Gasteiger partial charge in [-0.15, -0.1) is 21.5 Å². The van der Waals surface area contributed by atoms with Crippen LogP contribution in [0, 0.1) is 18.8 Å². The number of halogens is 1. The number of fused-ring (bicyclic) bond motifs is 6. The summed E-state index contributed by atoms with van der Waals surface area (Å²) in [4.78, 5) is 19.9. The molecule has 2 aromatic heterocycles. The maximum Gasteiger partial charge on any atom is 0.224 e. The monoisotopic (exact) mass is 489 g/mol. The van der Waals surface area contributed by atoms with Gasteiger partial charge >= 0.3 is 0 Å². The van der Waals surface area contributed by atoms with Crippen LogP contribution in [0.15, 0.2) is 29.3 Å². The number of benzene rings is 1. The first-order valence-corrected chi connectivity index (χ1v) is 13.4. The van der Waals surface area contributed by atoms with Crippen LogP contribution in [-0.4, -0.2) is 31.9 Å². The van der Waals surface area contributed by atoms with Crippen molar-refractivity contribution < 1.29 is 4.79 Å². The Labute approximate surface area is 206 Å². The molecule has 0 radical (unpaired) electrons. The Hall–Kier alpha value is -2.51. The lowest BCUT2D eigenvalue weighted by atomic mass is 9.50. The average molecular weight is 490 g/mol. The van der Waals surface area contributed by atoms with Crippen LogP contribution in [0.3, 0.4) is 0 Å². The number of thiophene rings is 1. The molecule has 6 aliphatic rings. The molecule has 9 rings (SSSR count). The van der Waals surface area contributed by atoms with Crippen LogP contribution >= 0.6 is 22.9 Å². The normalized spacial score (nSPS) is 28.7. The van der Waals surface area contributed by atoms with Gasteiger partial charge < -0.3 is 5.32 Å². The van der Waals surface area contributed by atoms with Crippen molar-refractivity contribution in [3.8, 4) is 5.00 Å². The van der Waals surface area contributed by atoms with Crippen molar-refractivity contribution in [1.29, 1.82) is 0 Å². The number of rotatable bonds is 3. The Balaban J connectivity index is 1.27. The van der Waals surface area contributed by atoms with E-state index in [2.05, 4.69) is 26.1 Å². The van der Waals surface area contributed by atoms with E-state index in [1.165, 1.54) is 29.7 Å². The molecule has 3 aromatic rings. The van der Waals surface area contributed by atoms with E-state index in [0.717, 1.165) is 65.1 Å². The van der Waals surface area contributed by atoms with Crippen LogP contribution in [0.4, 0.5) is 0 Å². The summed E-state index contributed by atoms with van der Waals surface area (Å²) in [5.74, 6) is 2.89. The number of nitrogens with zero attached hydrogens (tertiary/aromatic N) is 4. The molecule has 1 spiro atoms. The van der Waals surface area contributed by atoms with Crippen LogP contribution < -0.4 is 5.32 Å². The lowest BCUT2D eigenvalue weighted by Crippen LogP contribution is -2.68. The first-order valence-electron chi connectivity index (χ1n) is 12.2. The Kier molecular flexibility index (Phi) is 3.71. The summed E-state index contributed by atoms with van der Waals surface area (Å²) in [5.41, 5.74) is 4.07. The van der Waals surface area contributed by atoms with Crippen molar-refractivity contribution in [1.82, 2.24) is 20.1 Å². The zero-order chi connectivity index (χ0) is 22.8. The molecule has 3 heterocycles. The molecule has 172 valence electrons. The zero-order valence-corrected chi connectivity index (χ0v) is 20.5. The number of hydrogen-bond acceptors (Lipinski definition) is 5. The molecule has 6 nitrogen and oxygen atoms in total. The van der Waals surface area contributed by atoms with E-state index in [0.29, 0.717) is 5.02 Å². The van der Waals surface area contributed by atoms with E-state index in [1.807, 2.05) is 25.1 Å². The SMILES string of the molecule is Cc1nnc2n1-c1sc3c(c1C(c1ccccc1Cl)=NC21CC1)C[C@H](C(=O)NC12CC(C1)C2)C3. The first-order chi connectivity index (χ1) is 16.5. The molecular formula is C26H24ClN5OS. The molecule has 8 heteroatoms. The van der Waals surface area contributed by atoms with Gasteiger partial charge in [-0.1, -0.05) is 29.8 Å². The second-order valence-electron chi connectivity index (χ2n) is 10.9. The van der Waals surface area contributed by atoms with Crippen LogP contribution in [0.1, 0.15) is 65.3 Å². The molecule has 1 aromatic carbocycles. The van der Waals surface area contributed by atoms with Gasteiger partial charge in [-0.25, -0.2) is 0 Å². The van der Waals surface area contributed by atoms with E-state index in [1.54, 1.807) is 11.3 Å². The van der Waals surface area contributed by atoms with Gasteiger partial charge in [0.25, 0.3) is 0 Å². The molecule has 34 heavy (non-hydrogen) atoms. The van der Waals surface area contributed by atoms with Gasteiger partial charge in [0.2, 0.25) is 5.91 Å². The maximum atomic E-state index is 13.2. The molecule has 4 fully saturated rings. The van der Waals surface area contributed by atoms with Crippen LogP contribution in [0.25, 0.3) is 5.00 Å². The molecule has 4 saturated carbocycles. The third kappa shape index (κ3) is 2.52. The summed E-state index contributed by atoms with van der Waals surface area (Å²) in [6, 6.07) is 7.97. The van der Waals surface area contributed by atoms with Crippen LogP contribution in [0.5, 0.6) is 0 Å². The minimum absolute atomic E-state index is 0.00677. The highest BCUT2D eigenvalue weighted by Crippen LogP contribution is 2.57. The highest BCUT2D eigenvalue weighted by molar-refractivity contribution is 7.15. The molecule has 2 bridgehead atoms. The number of aromatic nitrogens is 3. The second kappa shape index (κ2) is 6.38. The van der Waals surface area contributed by atoms with Gasteiger partial charge in [-0.05, 0) is 69.4 Å². The van der Waals surface area contributed by atoms with Gasteiger partial charge in [0.15, 0.2) is 5.82 Å². The number of carbonyl (C=O) groups is 1. The fraction of sp³-hybridized carbons (Fsp3) is 0.462. The topological polar surface area (TPSA) is 72.2 Å². The molecule has 1 atom stereocenters. The predicted octanol–water partition coefficient (Wildman–Crippen LogP) is 4.51. The van der Waals surface area contributed by atoms with Gasteiger partial charge in [0.1, 0.15) is 16.4 Å². The predicted molar refractivity (Wildman–Crippen MR) is 131 cm³/mol. The number of aryl methyl sites for hydroxylation is 1. The van der Waals surface area contributed by atoms with E-state index < -0.39 is 0 Å². The Morgan fingerprint density at radius 3 is 2.68 bits per heavy atom. The summed E-state index contributed by atoms with van der Waals surface area (Å²) in [6.07, 6.45) is 6.97. The number of amides is 1. The minimum Gasteiger partial charge on any atom is -0.350 e. The number of carbonyl (C=O) groups excluding carboxylic acids is 1. The molecular weight excluding hydrogens is 466 g/mol. The first kappa shape index (κ1) is 19.8. The van der Waals surface area contributed by atoms with Gasteiger partial charge in [0.05, 0.1) is 5.71 Å². The van der Waals surface area contributed by atoms with Crippen molar-refractivity contribution in [3.63, 3.8) is 0 Å². The largest absolute Gasteiger partial charge is 0.350 e. The average Bonchev–Trinajstić information content (AvgIpc) is 3.10. The number of nitrogens with one attached hydrogen (secondary N) is 1. The lowest BCUT2D eigenvalue weighted by Gasteiger charge is -2.62.